The molecule has 0 unspecified atom stereocenters. The molecule has 0 aliphatic rings. The Morgan fingerprint density at radius 1 is 0.786 bits per heavy atom. The third-order valence-corrected chi connectivity index (χ3v) is 5.12. The molecule has 0 spiro atoms. The average Bonchev–Trinajstić information content (AvgIpc) is 3.11. The number of pyridine rings is 2. The van der Waals surface area contributed by atoms with Crippen molar-refractivity contribution in [2.45, 2.75) is 19.8 Å². The fraction of sp³-hybridized carbons (Fsp3) is 0.120. The van der Waals surface area contributed by atoms with Gasteiger partial charge in [-0.3, -0.25) is 4.98 Å². The Morgan fingerprint density at radius 3 is 2.50 bits per heavy atom. The fourth-order valence-corrected chi connectivity index (χ4v) is 3.60. The summed E-state index contributed by atoms with van der Waals surface area (Å²) in [7, 11) is 0. The lowest BCUT2D eigenvalue weighted by Gasteiger charge is -2.01. The summed E-state index contributed by atoms with van der Waals surface area (Å²) >= 11 is 0. The first-order valence-corrected chi connectivity index (χ1v) is 9.56. The number of fused-ring (bicyclic) bond motifs is 3. The third kappa shape index (κ3) is 3.05. The summed E-state index contributed by atoms with van der Waals surface area (Å²) in [4.78, 5) is 9.36. The van der Waals surface area contributed by atoms with E-state index >= 15 is 0 Å². The molecule has 0 atom stereocenters. The summed E-state index contributed by atoms with van der Waals surface area (Å²) in [5.74, 6) is 0. The Labute approximate surface area is 163 Å². The topological polar surface area (TPSA) is 38.9 Å². The van der Waals surface area contributed by atoms with Gasteiger partial charge in [-0.25, -0.2) is 4.98 Å². The third-order valence-electron chi connectivity index (χ3n) is 5.12. The lowest BCUT2D eigenvalue weighted by Crippen LogP contribution is -1.93. The highest BCUT2D eigenvalue weighted by Crippen LogP contribution is 2.34. The molecule has 3 heteroatoms. The van der Waals surface area contributed by atoms with E-state index in [2.05, 4.69) is 65.6 Å². The van der Waals surface area contributed by atoms with Crippen LogP contribution in [0.3, 0.4) is 0 Å². The summed E-state index contributed by atoms with van der Waals surface area (Å²) in [6.07, 6.45) is 3.75. The molecular weight excluding hydrogens is 344 g/mol. The van der Waals surface area contributed by atoms with E-state index in [1.54, 1.807) is 0 Å². The molecular formula is C25H20N2O. The van der Waals surface area contributed by atoms with Gasteiger partial charge in [0.1, 0.15) is 5.58 Å². The van der Waals surface area contributed by atoms with Crippen molar-refractivity contribution < 1.29 is 4.42 Å². The van der Waals surface area contributed by atoms with E-state index in [9.17, 15) is 0 Å². The van der Waals surface area contributed by atoms with E-state index in [4.69, 9.17) is 9.40 Å². The molecule has 2 aromatic carbocycles. The van der Waals surface area contributed by atoms with Crippen LogP contribution >= 0.6 is 0 Å². The molecule has 0 aliphatic heterocycles. The van der Waals surface area contributed by atoms with Gasteiger partial charge in [0.2, 0.25) is 5.71 Å². The van der Waals surface area contributed by atoms with Crippen LogP contribution < -0.4 is 0 Å². The number of nitrogens with zero attached hydrogens (tertiary/aromatic N) is 2. The number of para-hydroxylation sites is 1. The van der Waals surface area contributed by atoms with Crippen LogP contribution in [0, 0.1) is 6.92 Å². The minimum Gasteiger partial charge on any atom is -0.437 e. The van der Waals surface area contributed by atoms with E-state index < -0.39 is 0 Å². The maximum Gasteiger partial charge on any atom is 0.227 e. The highest BCUT2D eigenvalue weighted by molar-refractivity contribution is 6.08. The monoisotopic (exact) mass is 364 g/mol. The minimum absolute atomic E-state index is 0.695. The summed E-state index contributed by atoms with van der Waals surface area (Å²) in [5, 5.41) is 2.13. The summed E-state index contributed by atoms with van der Waals surface area (Å²) in [6, 6.07) is 25.0. The van der Waals surface area contributed by atoms with Gasteiger partial charge in [0.05, 0.1) is 5.69 Å². The first-order chi connectivity index (χ1) is 13.8. The van der Waals surface area contributed by atoms with Crippen molar-refractivity contribution in [2.75, 3.05) is 0 Å². The van der Waals surface area contributed by atoms with Crippen molar-refractivity contribution in [3.8, 4) is 11.3 Å². The van der Waals surface area contributed by atoms with Crippen molar-refractivity contribution in [2.24, 2.45) is 0 Å². The van der Waals surface area contributed by atoms with E-state index in [1.807, 2.05) is 25.3 Å². The second kappa shape index (κ2) is 6.93. The van der Waals surface area contributed by atoms with Crippen molar-refractivity contribution >= 4 is 22.1 Å². The average molecular weight is 364 g/mol. The molecule has 136 valence electrons. The quantitative estimate of drug-likeness (QED) is 0.385. The zero-order chi connectivity index (χ0) is 18.9. The van der Waals surface area contributed by atoms with Crippen molar-refractivity contribution in [1.29, 1.82) is 0 Å². The van der Waals surface area contributed by atoms with E-state index in [0.29, 0.717) is 5.71 Å². The molecule has 0 amide bonds. The molecule has 5 aromatic rings. The van der Waals surface area contributed by atoms with Crippen molar-refractivity contribution in [3.63, 3.8) is 0 Å². The predicted molar refractivity (Wildman–Crippen MR) is 113 cm³/mol. The molecule has 3 aromatic heterocycles. The van der Waals surface area contributed by atoms with Gasteiger partial charge in [-0.2, -0.15) is 0 Å². The normalized spacial score (nSPS) is 11.3. The van der Waals surface area contributed by atoms with Crippen molar-refractivity contribution in [3.05, 3.63) is 95.8 Å². The molecule has 0 fully saturated rings. The fourth-order valence-electron chi connectivity index (χ4n) is 3.60. The van der Waals surface area contributed by atoms with Crippen LogP contribution in [-0.4, -0.2) is 9.97 Å². The number of furan rings is 1. The first-order valence-electron chi connectivity index (χ1n) is 9.56. The highest BCUT2D eigenvalue weighted by Gasteiger charge is 2.14. The van der Waals surface area contributed by atoms with Crippen LogP contribution in [0.25, 0.3) is 33.3 Å². The molecule has 0 N–H and O–H groups in total. The highest BCUT2D eigenvalue weighted by atomic mass is 16.3. The van der Waals surface area contributed by atoms with E-state index in [1.165, 1.54) is 5.56 Å². The van der Waals surface area contributed by atoms with Gasteiger partial charge in [0.15, 0.2) is 0 Å². The van der Waals surface area contributed by atoms with Gasteiger partial charge in [0.25, 0.3) is 0 Å². The standard InChI is InChI=1S/C25H20N2O/c1-17-10-15-23(26-16-17)22-9-5-8-20-21-14-13-19(27-25(21)28-24(20)22)12-11-18-6-3-2-4-7-18/h2-10,13-16H,11-12H2,1H3. The summed E-state index contributed by atoms with van der Waals surface area (Å²) in [6.45, 7) is 2.04. The molecule has 3 nitrogen and oxygen atoms in total. The Bertz CT molecular complexity index is 1250. The molecule has 0 bridgehead atoms. The SMILES string of the molecule is Cc1ccc(-c2cccc3c2oc2nc(CCc4ccccc4)ccc23)nc1. The number of aromatic nitrogens is 2. The number of hydrogen-bond acceptors (Lipinski definition) is 3. The molecule has 5 rings (SSSR count). The summed E-state index contributed by atoms with van der Waals surface area (Å²) in [5.41, 5.74) is 6.97. The lowest BCUT2D eigenvalue weighted by molar-refractivity contribution is 0.651. The molecule has 3 heterocycles. The Balaban J connectivity index is 1.54. The largest absolute Gasteiger partial charge is 0.437 e. The predicted octanol–water partition coefficient (Wildman–Crippen LogP) is 6.14. The Morgan fingerprint density at radius 2 is 1.68 bits per heavy atom. The van der Waals surface area contributed by atoms with Gasteiger partial charge < -0.3 is 4.42 Å². The van der Waals surface area contributed by atoms with Gasteiger partial charge in [-0.05, 0) is 55.2 Å². The Kier molecular flexibility index (Phi) is 4.13. The minimum atomic E-state index is 0.695. The second-order valence-electron chi connectivity index (χ2n) is 7.15. The van der Waals surface area contributed by atoms with E-state index in [0.717, 1.165) is 51.7 Å². The van der Waals surface area contributed by atoms with E-state index in [-0.39, 0.29) is 0 Å². The van der Waals surface area contributed by atoms with Gasteiger partial charge >= 0.3 is 0 Å². The first kappa shape index (κ1) is 16.7. The zero-order valence-electron chi connectivity index (χ0n) is 15.7. The van der Waals surface area contributed by atoms with Crippen molar-refractivity contribution in [1.82, 2.24) is 9.97 Å². The maximum atomic E-state index is 6.21. The zero-order valence-corrected chi connectivity index (χ0v) is 15.7. The summed E-state index contributed by atoms with van der Waals surface area (Å²) < 4.78 is 6.21. The maximum absolute atomic E-state index is 6.21. The number of hydrogen-bond donors (Lipinski definition) is 0. The van der Waals surface area contributed by atoms with Gasteiger partial charge in [0, 0.05) is 28.2 Å². The van der Waals surface area contributed by atoms with Crippen LogP contribution in [-0.2, 0) is 12.8 Å². The van der Waals surface area contributed by atoms with Crippen LogP contribution in [0.15, 0.2) is 83.4 Å². The molecule has 0 radical (unpaired) electrons. The molecule has 28 heavy (non-hydrogen) atoms. The molecule has 0 saturated heterocycles. The smallest absolute Gasteiger partial charge is 0.227 e. The van der Waals surface area contributed by atoms with Gasteiger partial charge in [-0.1, -0.05) is 48.5 Å². The Hall–Kier alpha value is -3.46. The van der Waals surface area contributed by atoms with Crippen LogP contribution in [0.2, 0.25) is 0 Å². The molecule has 0 aliphatic carbocycles. The molecule has 0 saturated carbocycles. The second-order valence-corrected chi connectivity index (χ2v) is 7.15. The number of aryl methyl sites for hydroxylation is 3. The number of rotatable bonds is 4. The van der Waals surface area contributed by atoms with Crippen LogP contribution in [0.1, 0.15) is 16.8 Å². The van der Waals surface area contributed by atoms with Gasteiger partial charge in [-0.15, -0.1) is 0 Å². The lowest BCUT2D eigenvalue weighted by atomic mass is 10.1. The van der Waals surface area contributed by atoms with Crippen LogP contribution in [0.4, 0.5) is 0 Å². The van der Waals surface area contributed by atoms with Crippen LogP contribution in [0.5, 0.6) is 0 Å². The number of benzene rings is 2.